The number of pyridine rings is 1. The van der Waals surface area contributed by atoms with Crippen molar-refractivity contribution in [2.45, 2.75) is 13.8 Å². The minimum Gasteiger partial charge on any atom is -0.493 e. The van der Waals surface area contributed by atoms with Gasteiger partial charge in [0.1, 0.15) is 5.82 Å². The standard InChI is InChI=1S/C28H28FN3O4/c1-28(2)20-13-31(14-21(20)28)26(33)19-12-32(23-9-15(29)8-22-16(23)6-7-30(22)3)27(34)18-11-25(36-5)24(35-4)10-17(18)19/h6-12,20-21H,13-14H2,1-5H3. The van der Waals surface area contributed by atoms with Crippen molar-refractivity contribution in [2.24, 2.45) is 24.3 Å². The Kier molecular flexibility index (Phi) is 4.78. The molecule has 6 rings (SSSR count). The average molecular weight is 490 g/mol. The van der Waals surface area contributed by atoms with Crippen molar-refractivity contribution in [3.05, 3.63) is 64.5 Å². The van der Waals surface area contributed by atoms with Crippen LogP contribution >= 0.6 is 0 Å². The second-order valence-corrected chi connectivity index (χ2v) is 10.5. The van der Waals surface area contributed by atoms with E-state index in [1.54, 1.807) is 22.9 Å². The average Bonchev–Trinajstić information content (AvgIpc) is 3.24. The number of carbonyl (C=O) groups excluding carboxylic acids is 1. The van der Waals surface area contributed by atoms with Gasteiger partial charge in [-0.1, -0.05) is 13.8 Å². The lowest BCUT2D eigenvalue weighted by molar-refractivity contribution is 0.0759. The minimum absolute atomic E-state index is 0.148. The van der Waals surface area contributed by atoms with E-state index in [1.807, 2.05) is 24.2 Å². The zero-order chi connectivity index (χ0) is 25.5. The summed E-state index contributed by atoms with van der Waals surface area (Å²) in [5, 5.41) is 1.50. The van der Waals surface area contributed by atoms with Crippen LogP contribution in [-0.4, -0.2) is 47.3 Å². The van der Waals surface area contributed by atoms with E-state index in [0.29, 0.717) is 69.4 Å². The summed E-state index contributed by atoms with van der Waals surface area (Å²) < 4.78 is 28.8. The normalized spacial score (nSPS) is 20.1. The first kappa shape index (κ1) is 22.6. The highest BCUT2D eigenvalue weighted by Crippen LogP contribution is 2.62. The third-order valence-electron chi connectivity index (χ3n) is 8.37. The summed E-state index contributed by atoms with van der Waals surface area (Å²) in [4.78, 5) is 29.6. The van der Waals surface area contributed by atoms with Crippen LogP contribution in [0.3, 0.4) is 0 Å². The van der Waals surface area contributed by atoms with Gasteiger partial charge in [-0.25, -0.2) is 4.39 Å². The van der Waals surface area contributed by atoms with E-state index in [1.165, 1.54) is 30.9 Å². The van der Waals surface area contributed by atoms with Gasteiger partial charge >= 0.3 is 0 Å². The molecule has 8 heteroatoms. The predicted molar refractivity (Wildman–Crippen MR) is 136 cm³/mol. The summed E-state index contributed by atoms with van der Waals surface area (Å²) in [7, 11) is 4.83. The fourth-order valence-corrected chi connectivity index (χ4v) is 6.00. The molecule has 0 bridgehead atoms. The van der Waals surface area contributed by atoms with Crippen LogP contribution < -0.4 is 15.0 Å². The van der Waals surface area contributed by atoms with Crippen LogP contribution in [0.1, 0.15) is 24.2 Å². The Morgan fingerprint density at radius 2 is 1.64 bits per heavy atom. The maximum Gasteiger partial charge on any atom is 0.263 e. The van der Waals surface area contributed by atoms with Gasteiger partial charge in [-0.15, -0.1) is 0 Å². The number of aromatic nitrogens is 2. The van der Waals surface area contributed by atoms with Crippen LogP contribution in [0.15, 0.2) is 47.5 Å². The zero-order valence-corrected chi connectivity index (χ0v) is 21.0. The molecule has 2 aromatic heterocycles. The van der Waals surface area contributed by atoms with Crippen molar-refractivity contribution in [1.82, 2.24) is 14.0 Å². The molecule has 2 aliphatic rings. The van der Waals surface area contributed by atoms with Crippen LogP contribution in [0, 0.1) is 23.1 Å². The van der Waals surface area contributed by atoms with E-state index in [0.717, 1.165) is 0 Å². The number of amides is 1. The number of nitrogens with zero attached hydrogens (tertiary/aromatic N) is 3. The van der Waals surface area contributed by atoms with Gasteiger partial charge in [-0.2, -0.15) is 0 Å². The lowest BCUT2D eigenvalue weighted by Crippen LogP contribution is -2.34. The Morgan fingerprint density at radius 1 is 1.00 bits per heavy atom. The van der Waals surface area contributed by atoms with Crippen LogP contribution in [0.2, 0.25) is 0 Å². The number of fused-ring (bicyclic) bond motifs is 3. The van der Waals surface area contributed by atoms with Crippen molar-refractivity contribution < 1.29 is 18.7 Å². The SMILES string of the molecule is COc1cc2c(C(=O)N3CC4C(C3)C4(C)C)cn(-c3cc(F)cc4c3ccn4C)c(=O)c2cc1OC. The summed E-state index contributed by atoms with van der Waals surface area (Å²) in [5.74, 6) is 1.17. The highest BCUT2D eigenvalue weighted by Gasteiger charge is 2.62. The monoisotopic (exact) mass is 489 g/mol. The maximum absolute atomic E-state index is 14.7. The smallest absolute Gasteiger partial charge is 0.263 e. The summed E-state index contributed by atoms with van der Waals surface area (Å²) in [5.41, 5.74) is 1.29. The molecule has 4 aromatic rings. The van der Waals surface area contributed by atoms with Gasteiger partial charge in [0.25, 0.3) is 11.5 Å². The molecule has 0 spiro atoms. The van der Waals surface area contributed by atoms with E-state index in [9.17, 15) is 14.0 Å². The Bertz CT molecular complexity index is 1620. The number of rotatable bonds is 4. The molecule has 2 fully saturated rings. The van der Waals surface area contributed by atoms with Gasteiger partial charge in [0.05, 0.1) is 36.4 Å². The third-order valence-corrected chi connectivity index (χ3v) is 8.37. The van der Waals surface area contributed by atoms with Crippen molar-refractivity contribution in [3.8, 4) is 17.2 Å². The number of likely N-dealkylation sites (tertiary alicyclic amines) is 1. The highest BCUT2D eigenvalue weighted by atomic mass is 19.1. The van der Waals surface area contributed by atoms with Gasteiger partial charge in [0.15, 0.2) is 11.5 Å². The lowest BCUT2D eigenvalue weighted by atomic mass is 10.0. The van der Waals surface area contributed by atoms with Crippen molar-refractivity contribution in [3.63, 3.8) is 0 Å². The fraction of sp³-hybridized carbons (Fsp3) is 0.357. The topological polar surface area (TPSA) is 65.7 Å². The van der Waals surface area contributed by atoms with E-state index in [-0.39, 0.29) is 16.9 Å². The molecule has 1 saturated heterocycles. The Hall–Kier alpha value is -3.81. The molecule has 2 aromatic carbocycles. The largest absolute Gasteiger partial charge is 0.493 e. The predicted octanol–water partition coefficient (Wildman–Crippen LogP) is 4.37. The van der Waals surface area contributed by atoms with E-state index in [4.69, 9.17) is 9.47 Å². The second-order valence-electron chi connectivity index (χ2n) is 10.5. The van der Waals surface area contributed by atoms with Crippen LogP contribution in [0.5, 0.6) is 11.5 Å². The summed E-state index contributed by atoms with van der Waals surface area (Å²) in [6.07, 6.45) is 3.37. The summed E-state index contributed by atoms with van der Waals surface area (Å²) in [6.45, 7) is 5.86. The third kappa shape index (κ3) is 3.09. The molecule has 186 valence electrons. The van der Waals surface area contributed by atoms with Crippen LogP contribution in [0.4, 0.5) is 4.39 Å². The van der Waals surface area contributed by atoms with Gasteiger partial charge in [0, 0.05) is 43.3 Å². The van der Waals surface area contributed by atoms with Crippen molar-refractivity contribution in [2.75, 3.05) is 27.3 Å². The molecule has 0 radical (unpaired) electrons. The molecular weight excluding hydrogens is 461 g/mol. The number of aryl methyl sites for hydroxylation is 1. The molecular formula is C28H28FN3O4. The zero-order valence-electron chi connectivity index (χ0n) is 21.0. The molecule has 1 amide bonds. The van der Waals surface area contributed by atoms with E-state index < -0.39 is 5.82 Å². The Labute approximate surface area is 207 Å². The fourth-order valence-electron chi connectivity index (χ4n) is 6.00. The highest BCUT2D eigenvalue weighted by molar-refractivity contribution is 6.08. The number of hydrogen-bond donors (Lipinski definition) is 0. The molecule has 0 N–H and O–H groups in total. The molecule has 1 aliphatic heterocycles. The minimum atomic E-state index is -0.464. The van der Waals surface area contributed by atoms with Gasteiger partial charge in [-0.3, -0.25) is 14.2 Å². The quantitative estimate of drug-likeness (QED) is 0.427. The van der Waals surface area contributed by atoms with Gasteiger partial charge in [0.2, 0.25) is 0 Å². The van der Waals surface area contributed by atoms with Crippen LogP contribution in [-0.2, 0) is 7.05 Å². The van der Waals surface area contributed by atoms with Gasteiger partial charge < -0.3 is 18.9 Å². The lowest BCUT2D eigenvalue weighted by Gasteiger charge is -2.24. The summed E-state index contributed by atoms with van der Waals surface area (Å²) >= 11 is 0. The molecule has 36 heavy (non-hydrogen) atoms. The first-order valence-corrected chi connectivity index (χ1v) is 12.0. The molecule has 7 nitrogen and oxygen atoms in total. The molecule has 3 heterocycles. The molecule has 2 unspecified atom stereocenters. The Morgan fingerprint density at radius 3 is 2.28 bits per heavy atom. The number of methoxy groups -OCH3 is 2. The van der Waals surface area contributed by atoms with E-state index >= 15 is 0 Å². The molecule has 1 saturated carbocycles. The first-order chi connectivity index (χ1) is 17.1. The number of halogens is 1. The molecule has 2 atom stereocenters. The Balaban J connectivity index is 1.60. The number of hydrogen-bond acceptors (Lipinski definition) is 4. The number of piperidine rings is 1. The number of carbonyl (C=O) groups is 1. The number of ether oxygens (including phenoxy) is 2. The second kappa shape index (κ2) is 7.59. The van der Waals surface area contributed by atoms with E-state index in [2.05, 4.69) is 13.8 Å². The number of benzene rings is 2. The van der Waals surface area contributed by atoms with Crippen molar-refractivity contribution >= 4 is 27.6 Å². The first-order valence-electron chi connectivity index (χ1n) is 12.0. The molecule has 1 aliphatic carbocycles. The van der Waals surface area contributed by atoms with Crippen molar-refractivity contribution in [1.29, 1.82) is 0 Å². The maximum atomic E-state index is 14.7. The van der Waals surface area contributed by atoms with Gasteiger partial charge in [-0.05, 0) is 47.6 Å². The summed E-state index contributed by atoms with van der Waals surface area (Å²) in [6, 6.07) is 7.88. The van der Waals surface area contributed by atoms with Crippen LogP contribution in [0.25, 0.3) is 27.4 Å².